The van der Waals surface area contributed by atoms with Crippen molar-refractivity contribution in [3.63, 3.8) is 0 Å². The first kappa shape index (κ1) is 18.6. The fourth-order valence-electron chi connectivity index (χ4n) is 4.43. The Morgan fingerprint density at radius 1 is 1.07 bits per heavy atom. The van der Waals surface area contributed by atoms with Crippen LogP contribution in [0.5, 0.6) is 0 Å². The number of aryl methyl sites for hydroxylation is 2. The predicted molar refractivity (Wildman–Crippen MR) is 105 cm³/mol. The number of benzene rings is 1. The third kappa shape index (κ3) is 3.28. The third-order valence-electron chi connectivity index (χ3n) is 6.12. The molecule has 0 bridgehead atoms. The molecule has 2 aliphatic carbocycles. The molecule has 28 heavy (non-hydrogen) atoms. The summed E-state index contributed by atoms with van der Waals surface area (Å²) >= 11 is 0. The Morgan fingerprint density at radius 2 is 1.68 bits per heavy atom. The first-order valence-corrected chi connectivity index (χ1v) is 9.96. The van der Waals surface area contributed by atoms with E-state index in [4.69, 9.17) is 0 Å². The molecule has 1 amide bonds. The van der Waals surface area contributed by atoms with E-state index in [2.05, 4.69) is 21.4 Å². The van der Waals surface area contributed by atoms with Crippen molar-refractivity contribution in [2.75, 3.05) is 5.32 Å². The van der Waals surface area contributed by atoms with E-state index in [-0.39, 0.29) is 24.6 Å². The second-order valence-electron chi connectivity index (χ2n) is 7.99. The van der Waals surface area contributed by atoms with Crippen molar-refractivity contribution in [3.8, 4) is 0 Å². The molecule has 6 heteroatoms. The minimum Gasteiger partial charge on any atom is -0.480 e. The molecule has 6 nitrogen and oxygen atoms in total. The van der Waals surface area contributed by atoms with Gasteiger partial charge in [-0.05, 0) is 80.2 Å². The lowest BCUT2D eigenvalue weighted by Crippen LogP contribution is -2.35. The van der Waals surface area contributed by atoms with E-state index in [9.17, 15) is 14.7 Å². The number of fused-ring (bicyclic) bond motifs is 2. The van der Waals surface area contributed by atoms with Gasteiger partial charge >= 0.3 is 5.97 Å². The molecule has 0 fully saturated rings. The van der Waals surface area contributed by atoms with E-state index < -0.39 is 11.4 Å². The van der Waals surface area contributed by atoms with Crippen LogP contribution in [0, 0.1) is 0 Å². The van der Waals surface area contributed by atoms with Crippen LogP contribution < -0.4 is 5.32 Å². The highest BCUT2D eigenvalue weighted by atomic mass is 16.4. The Morgan fingerprint density at radius 3 is 2.25 bits per heavy atom. The van der Waals surface area contributed by atoms with Gasteiger partial charge in [0.05, 0.1) is 0 Å². The first-order valence-electron chi connectivity index (χ1n) is 9.96. The van der Waals surface area contributed by atoms with Gasteiger partial charge in [-0.2, -0.15) is 0 Å². The number of hydrogen-bond acceptors (Lipinski definition) is 4. The summed E-state index contributed by atoms with van der Waals surface area (Å²) in [5, 5.41) is 12.9. The molecule has 0 spiro atoms. The number of aromatic nitrogens is 2. The summed E-state index contributed by atoms with van der Waals surface area (Å²) in [4.78, 5) is 32.9. The van der Waals surface area contributed by atoms with E-state index in [0.717, 1.165) is 44.2 Å². The molecule has 1 aromatic carbocycles. The number of hydrogen-bond donors (Lipinski definition) is 2. The van der Waals surface area contributed by atoms with E-state index in [0.29, 0.717) is 0 Å². The number of carbonyl (C=O) groups is 2. The summed E-state index contributed by atoms with van der Waals surface area (Å²) in [6.45, 7) is 1.58. The van der Waals surface area contributed by atoms with Crippen LogP contribution in [0.15, 0.2) is 24.5 Å². The standard InChI is InChI=1S/C22H25N3O3/c1-22(21(27)28,20-23-11-4-12-24-20)10-9-18(26)25-19-16-7-2-5-14(16)13-15-6-3-8-17(15)19/h4,11-13H,2-3,5-10H2,1H3,(H,25,26)(H,27,28). The van der Waals surface area contributed by atoms with Crippen molar-refractivity contribution in [2.45, 2.75) is 63.7 Å². The van der Waals surface area contributed by atoms with Gasteiger partial charge in [0.2, 0.25) is 5.91 Å². The lowest BCUT2D eigenvalue weighted by Gasteiger charge is -2.23. The van der Waals surface area contributed by atoms with Crippen molar-refractivity contribution in [1.29, 1.82) is 0 Å². The van der Waals surface area contributed by atoms with Gasteiger partial charge in [0.1, 0.15) is 11.2 Å². The van der Waals surface area contributed by atoms with Crippen LogP contribution in [0.2, 0.25) is 0 Å². The molecule has 0 saturated heterocycles. The molecule has 1 heterocycles. The highest BCUT2D eigenvalue weighted by Gasteiger charge is 2.38. The summed E-state index contributed by atoms with van der Waals surface area (Å²) in [7, 11) is 0. The molecule has 0 aliphatic heterocycles. The molecular formula is C22H25N3O3. The van der Waals surface area contributed by atoms with Gasteiger partial charge in [-0.15, -0.1) is 0 Å². The predicted octanol–water partition coefficient (Wildman–Crippen LogP) is 3.22. The lowest BCUT2D eigenvalue weighted by atomic mass is 9.84. The summed E-state index contributed by atoms with van der Waals surface area (Å²) in [6.07, 6.45) is 9.73. The average molecular weight is 379 g/mol. The second kappa shape index (κ2) is 7.34. The number of carbonyl (C=O) groups excluding carboxylic acids is 1. The monoisotopic (exact) mass is 379 g/mol. The Bertz CT molecular complexity index is 894. The molecule has 1 aromatic heterocycles. The van der Waals surface area contributed by atoms with Gasteiger partial charge < -0.3 is 10.4 Å². The number of amides is 1. The van der Waals surface area contributed by atoms with Crippen LogP contribution in [0.4, 0.5) is 5.69 Å². The van der Waals surface area contributed by atoms with Crippen molar-refractivity contribution >= 4 is 17.6 Å². The summed E-state index contributed by atoms with van der Waals surface area (Å²) < 4.78 is 0. The Balaban J connectivity index is 1.52. The van der Waals surface area contributed by atoms with Gasteiger partial charge in [0.25, 0.3) is 0 Å². The van der Waals surface area contributed by atoms with Crippen molar-refractivity contribution in [2.24, 2.45) is 0 Å². The van der Waals surface area contributed by atoms with Crippen LogP contribution in [0.3, 0.4) is 0 Å². The van der Waals surface area contributed by atoms with Gasteiger partial charge in [-0.25, -0.2) is 9.97 Å². The van der Waals surface area contributed by atoms with Crippen LogP contribution >= 0.6 is 0 Å². The first-order chi connectivity index (χ1) is 13.5. The Hall–Kier alpha value is -2.76. The maximum Gasteiger partial charge on any atom is 0.317 e. The molecule has 4 rings (SSSR count). The zero-order valence-corrected chi connectivity index (χ0v) is 16.1. The lowest BCUT2D eigenvalue weighted by molar-refractivity contribution is -0.143. The van der Waals surface area contributed by atoms with E-state index >= 15 is 0 Å². The highest BCUT2D eigenvalue weighted by molar-refractivity contribution is 5.94. The number of nitrogens with zero attached hydrogens (tertiary/aromatic N) is 2. The number of nitrogens with one attached hydrogen (secondary N) is 1. The van der Waals surface area contributed by atoms with Gasteiger partial charge in [0, 0.05) is 24.5 Å². The molecule has 2 N–H and O–H groups in total. The molecular weight excluding hydrogens is 354 g/mol. The van der Waals surface area contributed by atoms with Crippen LogP contribution in [0.25, 0.3) is 0 Å². The Kier molecular flexibility index (Phi) is 4.87. The largest absolute Gasteiger partial charge is 0.480 e. The maximum atomic E-state index is 12.8. The molecule has 1 unspecified atom stereocenters. The SMILES string of the molecule is CC(CCC(=O)Nc1c2c(cc3c1CCC3)CCC2)(C(=O)O)c1ncccn1. The Labute approximate surface area is 164 Å². The van der Waals surface area contributed by atoms with Crippen molar-refractivity contribution in [1.82, 2.24) is 9.97 Å². The van der Waals surface area contributed by atoms with E-state index in [1.54, 1.807) is 13.0 Å². The summed E-state index contributed by atoms with van der Waals surface area (Å²) in [5.41, 5.74) is 5.00. The molecule has 2 aliphatic rings. The van der Waals surface area contributed by atoms with E-state index in [1.165, 1.54) is 34.6 Å². The fourth-order valence-corrected chi connectivity index (χ4v) is 4.43. The molecule has 146 valence electrons. The van der Waals surface area contributed by atoms with E-state index in [1.807, 2.05) is 0 Å². The molecule has 1 atom stereocenters. The van der Waals surface area contributed by atoms with Gasteiger partial charge in [-0.1, -0.05) is 6.07 Å². The minimum absolute atomic E-state index is 0.111. The average Bonchev–Trinajstić information content (AvgIpc) is 3.35. The number of carboxylic acids is 1. The fraction of sp³-hybridized carbons (Fsp3) is 0.455. The second-order valence-corrected chi connectivity index (χ2v) is 7.99. The topological polar surface area (TPSA) is 92.2 Å². The van der Waals surface area contributed by atoms with Crippen LogP contribution in [0.1, 0.15) is 60.7 Å². The quantitative estimate of drug-likeness (QED) is 0.804. The zero-order chi connectivity index (χ0) is 19.7. The minimum atomic E-state index is -1.29. The van der Waals surface area contributed by atoms with Gasteiger partial charge in [-0.3, -0.25) is 9.59 Å². The number of anilines is 1. The van der Waals surface area contributed by atoms with Gasteiger partial charge in [0.15, 0.2) is 0 Å². The molecule has 0 radical (unpaired) electrons. The zero-order valence-electron chi connectivity index (χ0n) is 16.1. The van der Waals surface area contributed by atoms with Crippen LogP contribution in [-0.2, 0) is 40.7 Å². The number of aliphatic carboxylic acids is 1. The smallest absolute Gasteiger partial charge is 0.317 e. The van der Waals surface area contributed by atoms with Crippen LogP contribution in [-0.4, -0.2) is 27.0 Å². The molecule has 2 aromatic rings. The number of carboxylic acid groups (broad SMARTS) is 1. The summed E-state index contributed by atoms with van der Waals surface area (Å²) in [6, 6.07) is 3.98. The molecule has 0 saturated carbocycles. The third-order valence-corrected chi connectivity index (χ3v) is 6.12. The summed E-state index contributed by atoms with van der Waals surface area (Å²) in [5.74, 6) is -0.928. The maximum absolute atomic E-state index is 12.8. The van der Waals surface area contributed by atoms with Crippen molar-refractivity contribution < 1.29 is 14.7 Å². The van der Waals surface area contributed by atoms with Crippen molar-refractivity contribution in [3.05, 3.63) is 52.6 Å². The normalized spacial score (nSPS) is 16.9. The number of rotatable bonds is 6. The highest BCUT2D eigenvalue weighted by Crippen LogP contribution is 2.39.